The lowest BCUT2D eigenvalue weighted by Crippen LogP contribution is -2.47. The molecule has 1 saturated carbocycles. The van der Waals surface area contributed by atoms with Gasteiger partial charge in [-0.1, -0.05) is 12.8 Å². The Kier molecular flexibility index (Phi) is 5.37. The first-order valence-electron chi connectivity index (χ1n) is 7.60. The number of nitrogens with one attached hydrogen (secondary N) is 1. The van der Waals surface area contributed by atoms with Crippen molar-refractivity contribution in [1.82, 2.24) is 15.2 Å². The summed E-state index contributed by atoms with van der Waals surface area (Å²) in [7, 11) is 2.04. The number of carbonyl (C=O) groups is 2. The van der Waals surface area contributed by atoms with Crippen LogP contribution in [-0.2, 0) is 9.59 Å². The Morgan fingerprint density at radius 3 is 2.35 bits per heavy atom. The Hall–Kier alpha value is -1.14. The maximum absolute atomic E-state index is 12.3. The van der Waals surface area contributed by atoms with Gasteiger partial charge >= 0.3 is 0 Å². The van der Waals surface area contributed by atoms with Gasteiger partial charge in [0, 0.05) is 25.0 Å². The van der Waals surface area contributed by atoms with Crippen molar-refractivity contribution in [3.63, 3.8) is 0 Å². The summed E-state index contributed by atoms with van der Waals surface area (Å²) < 4.78 is 0. The van der Waals surface area contributed by atoms with Crippen LogP contribution >= 0.6 is 0 Å². The van der Waals surface area contributed by atoms with E-state index in [2.05, 4.69) is 10.3 Å². The van der Waals surface area contributed by atoms with Crippen LogP contribution in [0.2, 0.25) is 0 Å². The molecule has 0 unspecified atom stereocenters. The molecule has 20 heavy (non-hydrogen) atoms. The van der Waals surface area contributed by atoms with Crippen LogP contribution in [0.1, 0.15) is 38.5 Å². The molecule has 0 aromatic carbocycles. The molecule has 0 aromatic rings. The van der Waals surface area contributed by atoms with Crippen LogP contribution in [0.4, 0.5) is 0 Å². The lowest BCUT2D eigenvalue weighted by molar-refractivity contribution is -0.136. The Morgan fingerprint density at radius 1 is 1.20 bits per heavy atom. The average Bonchev–Trinajstić information content (AvgIpc) is 3.01. The van der Waals surface area contributed by atoms with Crippen molar-refractivity contribution >= 4 is 11.8 Å². The monoisotopic (exact) mass is 282 g/mol. The summed E-state index contributed by atoms with van der Waals surface area (Å²) in [6.45, 7) is 1.82. The highest BCUT2D eigenvalue weighted by molar-refractivity contribution is 5.80. The molecule has 0 spiro atoms. The van der Waals surface area contributed by atoms with Gasteiger partial charge in [-0.15, -0.1) is 0 Å². The molecule has 0 atom stereocenters. The van der Waals surface area contributed by atoms with E-state index < -0.39 is 0 Å². The fraction of sp³-hybridized carbons (Fsp3) is 0.857. The normalized spacial score (nSPS) is 21.4. The quantitative estimate of drug-likeness (QED) is 0.435. The first kappa shape index (κ1) is 15.3. The molecule has 2 amide bonds. The summed E-state index contributed by atoms with van der Waals surface area (Å²) >= 11 is 0. The van der Waals surface area contributed by atoms with Crippen LogP contribution in [0, 0.1) is 5.92 Å². The molecule has 114 valence electrons. The first-order chi connectivity index (χ1) is 9.61. The highest BCUT2D eigenvalue weighted by Crippen LogP contribution is 2.23. The highest BCUT2D eigenvalue weighted by atomic mass is 16.2. The van der Waals surface area contributed by atoms with Gasteiger partial charge < -0.3 is 4.90 Å². The predicted octanol–water partition coefficient (Wildman–Crippen LogP) is 0.0893. The summed E-state index contributed by atoms with van der Waals surface area (Å²) in [4.78, 5) is 27.8. The van der Waals surface area contributed by atoms with Crippen molar-refractivity contribution in [2.75, 3.05) is 26.7 Å². The van der Waals surface area contributed by atoms with Crippen molar-refractivity contribution in [2.45, 2.75) is 44.6 Å². The largest absolute Gasteiger partial charge is 0.342 e. The standard InChI is InChI=1S/C14H26N4O2/c1-17(12-4-2-3-5-12)10-13(19)18-8-6-11(7-9-18)14(20)16-15/h11-12H,2-10,15H2,1H3,(H,16,20). The molecule has 1 aliphatic carbocycles. The molecule has 0 radical (unpaired) electrons. The van der Waals surface area contributed by atoms with Gasteiger partial charge in [-0.2, -0.15) is 0 Å². The zero-order valence-corrected chi connectivity index (χ0v) is 12.3. The zero-order chi connectivity index (χ0) is 14.5. The van der Waals surface area contributed by atoms with Crippen molar-refractivity contribution in [1.29, 1.82) is 0 Å². The number of rotatable bonds is 4. The van der Waals surface area contributed by atoms with Gasteiger partial charge in [0.05, 0.1) is 6.54 Å². The molecular formula is C14H26N4O2. The van der Waals surface area contributed by atoms with E-state index in [1.165, 1.54) is 25.7 Å². The molecule has 2 rings (SSSR count). The summed E-state index contributed by atoms with van der Waals surface area (Å²) in [5.74, 6) is 5.18. The maximum atomic E-state index is 12.3. The summed E-state index contributed by atoms with van der Waals surface area (Å²) in [6, 6.07) is 0.569. The number of nitrogens with zero attached hydrogens (tertiary/aromatic N) is 2. The summed E-state index contributed by atoms with van der Waals surface area (Å²) in [5, 5.41) is 0. The van der Waals surface area contributed by atoms with Gasteiger partial charge in [0.1, 0.15) is 0 Å². The molecule has 1 aliphatic heterocycles. The van der Waals surface area contributed by atoms with Crippen molar-refractivity contribution < 1.29 is 9.59 Å². The molecule has 6 heteroatoms. The van der Waals surface area contributed by atoms with Crippen molar-refractivity contribution in [3.05, 3.63) is 0 Å². The van der Waals surface area contributed by atoms with Crippen LogP contribution in [0.3, 0.4) is 0 Å². The van der Waals surface area contributed by atoms with Crippen LogP contribution in [-0.4, -0.2) is 54.3 Å². The van der Waals surface area contributed by atoms with Crippen LogP contribution < -0.4 is 11.3 Å². The fourth-order valence-corrected chi connectivity index (χ4v) is 3.30. The van der Waals surface area contributed by atoms with Gasteiger partial charge in [-0.05, 0) is 32.7 Å². The first-order valence-corrected chi connectivity index (χ1v) is 7.60. The predicted molar refractivity (Wildman–Crippen MR) is 76.5 cm³/mol. The molecule has 1 saturated heterocycles. The number of amides is 2. The minimum atomic E-state index is -0.111. The maximum Gasteiger partial charge on any atom is 0.237 e. The van der Waals surface area contributed by atoms with Crippen molar-refractivity contribution in [2.24, 2.45) is 11.8 Å². The topological polar surface area (TPSA) is 78.7 Å². The Labute approximate surface area is 120 Å². The van der Waals surface area contributed by atoms with E-state index in [-0.39, 0.29) is 17.7 Å². The van der Waals surface area contributed by atoms with Gasteiger partial charge in [-0.25, -0.2) is 5.84 Å². The molecule has 2 fully saturated rings. The van der Waals surface area contributed by atoms with E-state index in [9.17, 15) is 9.59 Å². The number of hydrazine groups is 1. The van der Waals surface area contributed by atoms with E-state index in [1.807, 2.05) is 11.9 Å². The lowest BCUT2D eigenvalue weighted by atomic mass is 9.96. The molecule has 0 bridgehead atoms. The number of nitrogens with two attached hydrogens (primary N) is 1. The van der Waals surface area contributed by atoms with E-state index in [0.29, 0.717) is 38.5 Å². The third-order valence-corrected chi connectivity index (χ3v) is 4.69. The molecular weight excluding hydrogens is 256 g/mol. The SMILES string of the molecule is CN(CC(=O)N1CCC(C(=O)NN)CC1)C1CCCC1. The Morgan fingerprint density at radius 2 is 1.80 bits per heavy atom. The van der Waals surface area contributed by atoms with Gasteiger partial charge in [0.15, 0.2) is 0 Å². The number of piperidine rings is 1. The molecule has 1 heterocycles. The second kappa shape index (κ2) is 7.04. The smallest absolute Gasteiger partial charge is 0.237 e. The molecule has 6 nitrogen and oxygen atoms in total. The Balaban J connectivity index is 1.75. The third kappa shape index (κ3) is 3.70. The number of likely N-dealkylation sites (N-methyl/N-ethyl adjacent to an activating group) is 1. The van der Waals surface area contributed by atoms with Crippen LogP contribution in [0.5, 0.6) is 0 Å². The highest BCUT2D eigenvalue weighted by Gasteiger charge is 2.28. The van der Waals surface area contributed by atoms with Gasteiger partial charge in [0.25, 0.3) is 0 Å². The number of carbonyl (C=O) groups excluding carboxylic acids is 2. The van der Waals surface area contributed by atoms with Crippen LogP contribution in [0.25, 0.3) is 0 Å². The second-order valence-corrected chi connectivity index (χ2v) is 6.02. The minimum absolute atomic E-state index is 0.0448. The van der Waals surface area contributed by atoms with E-state index >= 15 is 0 Å². The Bertz CT molecular complexity index is 347. The van der Waals surface area contributed by atoms with Gasteiger partial charge in [-0.3, -0.25) is 19.9 Å². The molecule has 2 aliphatic rings. The third-order valence-electron chi connectivity index (χ3n) is 4.69. The second-order valence-electron chi connectivity index (χ2n) is 6.02. The number of likely N-dealkylation sites (tertiary alicyclic amines) is 1. The minimum Gasteiger partial charge on any atom is -0.342 e. The molecule has 3 N–H and O–H groups in total. The zero-order valence-electron chi connectivity index (χ0n) is 12.3. The van der Waals surface area contributed by atoms with E-state index in [4.69, 9.17) is 5.84 Å². The fourth-order valence-electron chi connectivity index (χ4n) is 3.30. The summed E-state index contributed by atoms with van der Waals surface area (Å²) in [5.41, 5.74) is 2.20. The van der Waals surface area contributed by atoms with E-state index in [1.54, 1.807) is 0 Å². The number of hydrogen-bond donors (Lipinski definition) is 2. The van der Waals surface area contributed by atoms with Crippen LogP contribution in [0.15, 0.2) is 0 Å². The summed E-state index contributed by atoms with van der Waals surface area (Å²) in [6.07, 6.45) is 6.40. The number of hydrogen-bond acceptors (Lipinski definition) is 4. The van der Waals surface area contributed by atoms with Crippen molar-refractivity contribution in [3.8, 4) is 0 Å². The van der Waals surface area contributed by atoms with E-state index in [0.717, 1.165) is 0 Å². The lowest BCUT2D eigenvalue weighted by Gasteiger charge is -2.33. The van der Waals surface area contributed by atoms with Gasteiger partial charge in [0.2, 0.25) is 11.8 Å². The molecule has 0 aromatic heterocycles. The average molecular weight is 282 g/mol.